The molecule has 1 amide bonds. The maximum absolute atomic E-state index is 12.5. The number of ether oxygens (including phenoxy) is 1. The smallest absolute Gasteiger partial charge is 0.265 e. The fourth-order valence-electron chi connectivity index (χ4n) is 3.21. The Morgan fingerprint density at radius 1 is 1.12 bits per heavy atom. The molecule has 0 saturated heterocycles. The largest absolute Gasteiger partial charge is 0.481 e. The van der Waals surface area contributed by atoms with Crippen molar-refractivity contribution in [3.05, 3.63) is 58.7 Å². The zero-order valence-electron chi connectivity index (χ0n) is 14.7. The van der Waals surface area contributed by atoms with Gasteiger partial charge in [0.1, 0.15) is 5.75 Å². The fourth-order valence-corrected chi connectivity index (χ4v) is 3.21. The molecule has 2 aromatic carbocycles. The van der Waals surface area contributed by atoms with Gasteiger partial charge in [-0.3, -0.25) is 4.79 Å². The van der Waals surface area contributed by atoms with Crippen LogP contribution in [0.4, 0.5) is 5.69 Å². The van der Waals surface area contributed by atoms with E-state index in [0.717, 1.165) is 35.4 Å². The van der Waals surface area contributed by atoms with Crippen molar-refractivity contribution in [2.24, 2.45) is 0 Å². The zero-order chi connectivity index (χ0) is 17.1. The summed E-state index contributed by atoms with van der Waals surface area (Å²) in [5.74, 6) is 0.743. The number of carbonyl (C=O) groups is 1. The van der Waals surface area contributed by atoms with Gasteiger partial charge in [0.2, 0.25) is 0 Å². The Kier molecular flexibility index (Phi) is 4.89. The first kappa shape index (κ1) is 16.6. The molecule has 126 valence electrons. The molecule has 0 spiro atoms. The van der Waals surface area contributed by atoms with Crippen LogP contribution in [0.5, 0.6) is 5.75 Å². The standard InChI is InChI=1S/C21H25NO2/c1-14-11-12-15(2)19(13-14)22-21(23)16(3)24-20-10-6-8-17-7-4-5-9-18(17)20/h6,8,10-13,16H,4-5,7,9H2,1-3H3,(H,22,23). The molecule has 0 heterocycles. The van der Waals surface area contributed by atoms with Crippen LogP contribution < -0.4 is 10.1 Å². The highest BCUT2D eigenvalue weighted by Gasteiger charge is 2.19. The Morgan fingerprint density at radius 3 is 2.75 bits per heavy atom. The van der Waals surface area contributed by atoms with Crippen LogP contribution in [0, 0.1) is 13.8 Å². The third-order valence-corrected chi connectivity index (χ3v) is 4.68. The Hall–Kier alpha value is -2.29. The van der Waals surface area contributed by atoms with E-state index in [0.29, 0.717) is 0 Å². The van der Waals surface area contributed by atoms with E-state index in [9.17, 15) is 4.79 Å². The van der Waals surface area contributed by atoms with Crippen molar-refractivity contribution in [1.29, 1.82) is 0 Å². The second kappa shape index (κ2) is 7.08. The molecule has 1 aliphatic carbocycles. The Labute approximate surface area is 144 Å². The minimum Gasteiger partial charge on any atom is -0.481 e. The van der Waals surface area contributed by atoms with Gasteiger partial charge in [-0.1, -0.05) is 24.3 Å². The lowest BCUT2D eigenvalue weighted by molar-refractivity contribution is -0.122. The molecule has 1 unspecified atom stereocenters. The van der Waals surface area contributed by atoms with Gasteiger partial charge in [-0.05, 0) is 80.8 Å². The third kappa shape index (κ3) is 3.61. The molecule has 1 N–H and O–H groups in total. The Balaban J connectivity index is 1.72. The fraction of sp³-hybridized carbons (Fsp3) is 0.381. The average Bonchev–Trinajstić information content (AvgIpc) is 2.58. The average molecular weight is 323 g/mol. The maximum atomic E-state index is 12.5. The number of rotatable bonds is 4. The van der Waals surface area contributed by atoms with Crippen LogP contribution in [0.1, 0.15) is 42.0 Å². The molecule has 0 aromatic heterocycles. The van der Waals surface area contributed by atoms with E-state index in [1.165, 1.54) is 24.0 Å². The van der Waals surface area contributed by atoms with E-state index >= 15 is 0 Å². The molecule has 24 heavy (non-hydrogen) atoms. The number of anilines is 1. The molecule has 3 rings (SSSR count). The van der Waals surface area contributed by atoms with E-state index in [1.54, 1.807) is 0 Å². The number of carbonyl (C=O) groups excluding carboxylic acids is 1. The summed E-state index contributed by atoms with van der Waals surface area (Å²) in [6.45, 7) is 5.82. The molecule has 0 bridgehead atoms. The van der Waals surface area contributed by atoms with Crippen molar-refractivity contribution in [2.45, 2.75) is 52.6 Å². The van der Waals surface area contributed by atoms with Gasteiger partial charge in [-0.25, -0.2) is 0 Å². The van der Waals surface area contributed by atoms with Crippen molar-refractivity contribution in [3.63, 3.8) is 0 Å². The number of aryl methyl sites for hydroxylation is 3. The molecule has 3 heteroatoms. The SMILES string of the molecule is Cc1ccc(C)c(NC(=O)C(C)Oc2cccc3c2CCCC3)c1. The first-order chi connectivity index (χ1) is 11.5. The van der Waals surface area contributed by atoms with Crippen molar-refractivity contribution in [2.75, 3.05) is 5.32 Å². The first-order valence-corrected chi connectivity index (χ1v) is 8.70. The second-order valence-corrected chi connectivity index (χ2v) is 6.67. The number of fused-ring (bicyclic) bond motifs is 1. The summed E-state index contributed by atoms with van der Waals surface area (Å²) < 4.78 is 6.00. The second-order valence-electron chi connectivity index (χ2n) is 6.67. The molecule has 1 aliphatic rings. The normalized spacial score (nSPS) is 14.6. The Bertz CT molecular complexity index is 751. The van der Waals surface area contributed by atoms with Crippen molar-refractivity contribution < 1.29 is 9.53 Å². The summed E-state index contributed by atoms with van der Waals surface area (Å²) in [7, 11) is 0. The van der Waals surface area contributed by atoms with Gasteiger partial charge in [-0.2, -0.15) is 0 Å². The molecule has 0 radical (unpaired) electrons. The number of nitrogens with one attached hydrogen (secondary N) is 1. The number of hydrogen-bond acceptors (Lipinski definition) is 2. The molecular formula is C21H25NO2. The van der Waals surface area contributed by atoms with Crippen molar-refractivity contribution in [3.8, 4) is 5.75 Å². The lowest BCUT2D eigenvalue weighted by Crippen LogP contribution is -2.31. The van der Waals surface area contributed by atoms with Crippen LogP contribution >= 0.6 is 0 Å². The van der Waals surface area contributed by atoms with Gasteiger partial charge in [-0.15, -0.1) is 0 Å². The highest BCUT2D eigenvalue weighted by atomic mass is 16.5. The van der Waals surface area contributed by atoms with Crippen molar-refractivity contribution >= 4 is 11.6 Å². The topological polar surface area (TPSA) is 38.3 Å². The van der Waals surface area contributed by atoms with Crippen LogP contribution in [0.2, 0.25) is 0 Å². The molecular weight excluding hydrogens is 298 g/mol. The van der Waals surface area contributed by atoms with Gasteiger partial charge < -0.3 is 10.1 Å². The van der Waals surface area contributed by atoms with Crippen LogP contribution in [0.25, 0.3) is 0 Å². The summed E-state index contributed by atoms with van der Waals surface area (Å²) in [6.07, 6.45) is 4.04. The maximum Gasteiger partial charge on any atom is 0.265 e. The van der Waals surface area contributed by atoms with Gasteiger partial charge in [0.05, 0.1) is 0 Å². The van der Waals surface area contributed by atoms with Crippen molar-refractivity contribution in [1.82, 2.24) is 0 Å². The minimum absolute atomic E-state index is 0.114. The lowest BCUT2D eigenvalue weighted by Gasteiger charge is -2.22. The van der Waals surface area contributed by atoms with Crippen LogP contribution in [0.15, 0.2) is 36.4 Å². The first-order valence-electron chi connectivity index (χ1n) is 8.70. The summed E-state index contributed by atoms with van der Waals surface area (Å²) in [5.41, 5.74) is 5.67. The zero-order valence-corrected chi connectivity index (χ0v) is 14.7. The molecule has 3 nitrogen and oxygen atoms in total. The van der Waals surface area contributed by atoms with E-state index in [2.05, 4.69) is 11.4 Å². The molecule has 0 fully saturated rings. The van der Waals surface area contributed by atoms with Crippen LogP contribution in [0.3, 0.4) is 0 Å². The monoisotopic (exact) mass is 323 g/mol. The van der Waals surface area contributed by atoms with Gasteiger partial charge in [0, 0.05) is 5.69 Å². The molecule has 0 saturated carbocycles. The number of hydrogen-bond donors (Lipinski definition) is 1. The van der Waals surface area contributed by atoms with E-state index in [-0.39, 0.29) is 5.91 Å². The summed E-state index contributed by atoms with van der Waals surface area (Å²) >= 11 is 0. The number of amides is 1. The summed E-state index contributed by atoms with van der Waals surface area (Å²) in [5, 5.41) is 2.99. The van der Waals surface area contributed by atoms with E-state index in [1.807, 2.05) is 51.1 Å². The van der Waals surface area contributed by atoms with Crippen LogP contribution in [-0.4, -0.2) is 12.0 Å². The Morgan fingerprint density at radius 2 is 1.92 bits per heavy atom. The van der Waals surface area contributed by atoms with Gasteiger partial charge >= 0.3 is 0 Å². The predicted molar refractivity (Wildman–Crippen MR) is 97.7 cm³/mol. The molecule has 1 atom stereocenters. The summed E-state index contributed by atoms with van der Waals surface area (Å²) in [4.78, 5) is 12.5. The van der Waals surface area contributed by atoms with Crippen LogP contribution in [-0.2, 0) is 17.6 Å². The molecule has 2 aromatic rings. The highest BCUT2D eigenvalue weighted by Crippen LogP contribution is 2.30. The van der Waals surface area contributed by atoms with E-state index < -0.39 is 6.10 Å². The van der Waals surface area contributed by atoms with Gasteiger partial charge in [0.25, 0.3) is 5.91 Å². The van der Waals surface area contributed by atoms with Gasteiger partial charge in [0.15, 0.2) is 6.10 Å². The number of benzene rings is 2. The molecule has 0 aliphatic heterocycles. The predicted octanol–water partition coefficient (Wildman–Crippen LogP) is 4.59. The highest BCUT2D eigenvalue weighted by molar-refractivity contribution is 5.94. The quantitative estimate of drug-likeness (QED) is 0.894. The van der Waals surface area contributed by atoms with E-state index in [4.69, 9.17) is 4.74 Å². The minimum atomic E-state index is -0.529. The summed E-state index contributed by atoms with van der Waals surface area (Å²) in [6, 6.07) is 12.2. The lowest BCUT2D eigenvalue weighted by atomic mass is 9.91. The third-order valence-electron chi connectivity index (χ3n) is 4.68.